The largest absolute Gasteiger partial charge is 0.480 e. The summed E-state index contributed by atoms with van der Waals surface area (Å²) in [6.45, 7) is 3.34. The van der Waals surface area contributed by atoms with Gasteiger partial charge in [0.25, 0.3) is 0 Å². The second-order valence-electron chi connectivity index (χ2n) is 13.3. The van der Waals surface area contributed by atoms with Crippen LogP contribution in [-0.2, 0) is 23.9 Å². The number of carboxylic acid groups (broad SMARTS) is 1. The number of allylic oxidation sites excluding steroid dienone is 7. The van der Waals surface area contributed by atoms with E-state index in [-0.39, 0.29) is 24.5 Å². The fraction of sp³-hybridized carbons (Fsp3) is 0.714. The predicted octanol–water partition coefficient (Wildman–Crippen LogP) is 9.20. The second kappa shape index (κ2) is 36.6. The molecule has 0 bridgehead atoms. The number of ether oxygens (including phenoxy) is 1. The summed E-state index contributed by atoms with van der Waals surface area (Å²) < 4.78 is 5.91. The Hall–Kier alpha value is -3.20. The molecule has 0 saturated carbocycles. The monoisotopic (exact) mass is 717 g/mol. The van der Waals surface area contributed by atoms with Crippen molar-refractivity contribution in [2.75, 3.05) is 13.2 Å². The Balaban J connectivity index is 4.34. The van der Waals surface area contributed by atoms with Gasteiger partial charge in [0.2, 0.25) is 11.8 Å². The lowest BCUT2D eigenvalue weighted by molar-refractivity contribution is -0.147. The van der Waals surface area contributed by atoms with Crippen LogP contribution in [0.3, 0.4) is 0 Å². The van der Waals surface area contributed by atoms with E-state index in [9.17, 15) is 19.2 Å². The molecule has 0 fully saturated rings. The lowest BCUT2D eigenvalue weighted by atomic mass is 10.0. The molecule has 0 rings (SSSR count). The van der Waals surface area contributed by atoms with Gasteiger partial charge in [-0.05, 0) is 76.7 Å². The predicted molar refractivity (Wildman–Crippen MR) is 208 cm³/mol. The zero-order valence-electron chi connectivity index (χ0n) is 32.1. The maximum absolute atomic E-state index is 12.7. The van der Waals surface area contributed by atoms with Crippen molar-refractivity contribution >= 4 is 23.8 Å². The van der Waals surface area contributed by atoms with E-state index in [1.165, 1.54) is 44.9 Å². The first-order valence-corrected chi connectivity index (χ1v) is 20.0. The summed E-state index contributed by atoms with van der Waals surface area (Å²) in [6.07, 6.45) is 41.5. The fourth-order valence-corrected chi connectivity index (χ4v) is 5.46. The van der Waals surface area contributed by atoms with Crippen LogP contribution < -0.4 is 10.6 Å². The number of hydrogen-bond donors (Lipinski definition) is 4. The summed E-state index contributed by atoms with van der Waals surface area (Å²) in [7, 11) is 0. The van der Waals surface area contributed by atoms with Crippen molar-refractivity contribution in [3.63, 3.8) is 0 Å². The summed E-state index contributed by atoms with van der Waals surface area (Å²) in [5.41, 5.74) is 0. The van der Waals surface area contributed by atoms with Crippen LogP contribution in [0.25, 0.3) is 0 Å². The number of hydrogen-bond acceptors (Lipinski definition) is 6. The Morgan fingerprint density at radius 2 is 1.18 bits per heavy atom. The lowest BCUT2D eigenvalue weighted by Crippen LogP contribution is -2.47. The van der Waals surface area contributed by atoms with Crippen LogP contribution in [0.4, 0.5) is 0 Å². The first kappa shape index (κ1) is 47.8. The molecule has 0 aliphatic rings. The van der Waals surface area contributed by atoms with Crippen LogP contribution in [0, 0.1) is 0 Å². The van der Waals surface area contributed by atoms with E-state index in [4.69, 9.17) is 14.9 Å². The van der Waals surface area contributed by atoms with Gasteiger partial charge in [-0.25, -0.2) is 4.79 Å². The Labute approximate surface area is 309 Å². The summed E-state index contributed by atoms with van der Waals surface area (Å²) >= 11 is 0. The van der Waals surface area contributed by atoms with Crippen LogP contribution in [0.5, 0.6) is 0 Å². The topological polar surface area (TPSA) is 142 Å². The van der Waals surface area contributed by atoms with Crippen molar-refractivity contribution in [3.8, 4) is 0 Å². The third-order valence-corrected chi connectivity index (χ3v) is 8.54. The van der Waals surface area contributed by atoms with Crippen LogP contribution in [0.2, 0.25) is 0 Å². The number of amides is 2. The van der Waals surface area contributed by atoms with Crippen LogP contribution in [0.1, 0.15) is 168 Å². The summed E-state index contributed by atoms with van der Waals surface area (Å²) in [5.74, 6) is -2.36. The number of nitrogens with one attached hydrogen (secondary N) is 2. The van der Waals surface area contributed by atoms with Gasteiger partial charge in [-0.15, -0.1) is 0 Å². The molecule has 4 N–H and O–H groups in total. The second-order valence-corrected chi connectivity index (χ2v) is 13.3. The summed E-state index contributed by atoms with van der Waals surface area (Å²) in [4.78, 5) is 47.3. The quantitative estimate of drug-likeness (QED) is 0.0291. The van der Waals surface area contributed by atoms with Gasteiger partial charge in [0.15, 0.2) is 0 Å². The minimum absolute atomic E-state index is 0.107. The highest BCUT2D eigenvalue weighted by molar-refractivity contribution is 5.87. The maximum atomic E-state index is 12.7. The van der Waals surface area contributed by atoms with Gasteiger partial charge in [0.05, 0.1) is 13.2 Å². The zero-order valence-corrected chi connectivity index (χ0v) is 32.1. The Bertz CT molecular complexity index is 1010. The molecule has 0 aromatic heterocycles. The lowest BCUT2D eigenvalue weighted by Gasteiger charge is -2.15. The van der Waals surface area contributed by atoms with Gasteiger partial charge < -0.3 is 25.6 Å². The minimum atomic E-state index is -1.38. The Morgan fingerprint density at radius 3 is 1.82 bits per heavy atom. The summed E-state index contributed by atoms with van der Waals surface area (Å²) in [5, 5.41) is 22.5. The molecular weight excluding hydrogens is 644 g/mol. The van der Waals surface area contributed by atoms with Crippen LogP contribution in [-0.4, -0.2) is 59.3 Å². The molecule has 0 aliphatic heterocycles. The van der Waals surface area contributed by atoms with E-state index in [0.717, 1.165) is 89.9 Å². The summed E-state index contributed by atoms with van der Waals surface area (Å²) in [6, 6.07) is -1.38. The third kappa shape index (κ3) is 33.7. The normalized spacial score (nSPS) is 13.0. The van der Waals surface area contributed by atoms with Gasteiger partial charge in [-0.2, -0.15) is 0 Å². The average Bonchev–Trinajstić information content (AvgIpc) is 3.11. The molecule has 51 heavy (non-hydrogen) atoms. The van der Waals surface area contributed by atoms with Crippen molar-refractivity contribution in [2.24, 2.45) is 0 Å². The van der Waals surface area contributed by atoms with Gasteiger partial charge >= 0.3 is 11.9 Å². The van der Waals surface area contributed by atoms with Gasteiger partial charge in [-0.3, -0.25) is 14.4 Å². The molecule has 0 saturated heterocycles. The Kier molecular flexibility index (Phi) is 34.3. The molecular formula is C42H72N2O7. The van der Waals surface area contributed by atoms with E-state index in [1.807, 2.05) is 0 Å². The van der Waals surface area contributed by atoms with Crippen molar-refractivity contribution in [3.05, 3.63) is 48.6 Å². The van der Waals surface area contributed by atoms with Gasteiger partial charge in [0.1, 0.15) is 12.1 Å². The third-order valence-electron chi connectivity index (χ3n) is 8.54. The van der Waals surface area contributed by atoms with Crippen molar-refractivity contribution < 1.29 is 34.1 Å². The molecule has 0 aromatic carbocycles. The standard InChI is InChI=1S/C42H72N2O7/c1-3-5-7-9-11-13-14-15-16-18-20-26-30-34-41(48)51-37(31-27-23-19-17-12-10-8-6-4-2)32-28-24-21-22-25-29-33-39(46)43-35-40(47)44-38(36-45)42(49)50/h5,7,11,13,15-16,27,31,37-38,45H,3-4,6,8-10,12,14,17-26,28-30,32-36H2,1-2H3,(H,43,46)(H,44,47)(H,49,50)/b7-5-,13-11-,16-15-,31-27-. The number of unbranched alkanes of at least 4 members (excludes halogenated alkanes) is 15. The molecule has 2 unspecified atom stereocenters. The van der Waals surface area contributed by atoms with E-state index in [2.05, 4.69) is 73.1 Å². The van der Waals surface area contributed by atoms with Crippen molar-refractivity contribution in [1.82, 2.24) is 10.6 Å². The molecule has 0 heterocycles. The molecule has 2 amide bonds. The number of carbonyl (C=O) groups excluding carboxylic acids is 3. The molecule has 292 valence electrons. The van der Waals surface area contributed by atoms with E-state index >= 15 is 0 Å². The number of carbonyl (C=O) groups is 4. The number of aliphatic hydroxyl groups excluding tert-OH is 1. The number of aliphatic carboxylic acids is 1. The highest BCUT2D eigenvalue weighted by atomic mass is 16.5. The Morgan fingerprint density at radius 1 is 0.627 bits per heavy atom. The highest BCUT2D eigenvalue weighted by Gasteiger charge is 2.18. The zero-order chi connectivity index (χ0) is 37.6. The number of aliphatic hydroxyl groups is 1. The fourth-order valence-electron chi connectivity index (χ4n) is 5.46. The van der Waals surface area contributed by atoms with Crippen LogP contribution in [0.15, 0.2) is 48.6 Å². The maximum Gasteiger partial charge on any atom is 0.328 e. The molecule has 0 aromatic rings. The van der Waals surface area contributed by atoms with E-state index < -0.39 is 24.5 Å². The first-order chi connectivity index (χ1) is 24.8. The van der Waals surface area contributed by atoms with Crippen molar-refractivity contribution in [2.45, 2.75) is 180 Å². The van der Waals surface area contributed by atoms with Gasteiger partial charge in [0, 0.05) is 12.8 Å². The van der Waals surface area contributed by atoms with E-state index in [0.29, 0.717) is 19.3 Å². The van der Waals surface area contributed by atoms with Gasteiger partial charge in [-0.1, -0.05) is 127 Å². The minimum Gasteiger partial charge on any atom is -0.480 e. The molecule has 0 spiro atoms. The smallest absolute Gasteiger partial charge is 0.328 e. The number of carboxylic acids is 1. The number of esters is 1. The molecule has 9 heteroatoms. The molecule has 0 aliphatic carbocycles. The highest BCUT2D eigenvalue weighted by Crippen LogP contribution is 2.15. The average molecular weight is 717 g/mol. The SMILES string of the molecule is CC/C=C\C/C=C\C/C=C\CCCCCC(=O)OC(/C=C\CCCCCCCCC)CCCCCCCCC(=O)NCC(=O)NC(CO)C(=O)O. The van der Waals surface area contributed by atoms with E-state index in [1.54, 1.807) is 0 Å². The molecule has 2 atom stereocenters. The molecule has 0 radical (unpaired) electrons. The number of rotatable bonds is 35. The first-order valence-electron chi connectivity index (χ1n) is 20.0. The van der Waals surface area contributed by atoms with Crippen molar-refractivity contribution in [1.29, 1.82) is 0 Å². The molecule has 9 nitrogen and oxygen atoms in total. The van der Waals surface area contributed by atoms with Crippen LogP contribution >= 0.6 is 0 Å².